The highest BCUT2D eigenvalue weighted by Crippen LogP contribution is 2.43. The lowest BCUT2D eigenvalue weighted by atomic mass is 9.90. The third-order valence-electron chi connectivity index (χ3n) is 4.41. The lowest BCUT2D eigenvalue weighted by molar-refractivity contribution is -0.141. The van der Waals surface area contributed by atoms with Crippen molar-refractivity contribution in [1.29, 1.82) is 0 Å². The van der Waals surface area contributed by atoms with Gasteiger partial charge in [0.15, 0.2) is 5.60 Å². The number of nitrogens with zero attached hydrogens (tertiary/aromatic N) is 1. The number of hydrogen-bond donors (Lipinski definition) is 1. The Bertz CT molecular complexity index is 871. The summed E-state index contributed by atoms with van der Waals surface area (Å²) in [5.74, 6) is -0.0217. The fourth-order valence-electron chi connectivity index (χ4n) is 3.22. The van der Waals surface area contributed by atoms with Gasteiger partial charge in [0, 0.05) is 28.0 Å². The molecule has 1 atom stereocenters. The summed E-state index contributed by atoms with van der Waals surface area (Å²) in [7, 11) is 0. The summed E-state index contributed by atoms with van der Waals surface area (Å²) in [4.78, 5) is 26.0. The van der Waals surface area contributed by atoms with Gasteiger partial charge in [-0.15, -0.1) is 0 Å². The summed E-state index contributed by atoms with van der Waals surface area (Å²) >= 11 is 9.21. The Labute approximate surface area is 171 Å². The minimum absolute atomic E-state index is 0.243. The van der Waals surface area contributed by atoms with E-state index in [9.17, 15) is 14.7 Å². The molecule has 0 fully saturated rings. The predicted molar refractivity (Wildman–Crippen MR) is 107 cm³/mol. The van der Waals surface area contributed by atoms with Crippen LogP contribution in [0.3, 0.4) is 0 Å². The van der Waals surface area contributed by atoms with Gasteiger partial charge in [-0.05, 0) is 55.8 Å². The van der Waals surface area contributed by atoms with Crippen molar-refractivity contribution in [3.8, 4) is 5.75 Å². The summed E-state index contributed by atoms with van der Waals surface area (Å²) in [5.41, 5.74) is -0.740. The molecule has 3 rings (SSSR count). The topological polar surface area (TPSA) is 66.8 Å². The molecular formula is C20H19BrClNO4. The number of ether oxygens (including phenoxy) is 1. The van der Waals surface area contributed by atoms with Crippen LogP contribution in [0.5, 0.6) is 5.75 Å². The maximum atomic E-state index is 12.9. The van der Waals surface area contributed by atoms with Crippen LogP contribution in [0.25, 0.3) is 0 Å². The second kappa shape index (κ2) is 8.00. The molecular weight excluding hydrogens is 434 g/mol. The molecule has 0 saturated heterocycles. The first-order chi connectivity index (χ1) is 12.8. The molecule has 1 aliphatic rings. The average Bonchev–Trinajstić information content (AvgIpc) is 2.81. The maximum Gasteiger partial charge on any atom is 0.264 e. The Balaban J connectivity index is 1.71. The number of carbonyl (C=O) groups excluding carboxylic acids is 2. The van der Waals surface area contributed by atoms with Crippen LogP contribution in [-0.2, 0) is 15.2 Å². The molecule has 142 valence electrons. The fraction of sp³-hybridized carbons (Fsp3) is 0.300. The summed E-state index contributed by atoms with van der Waals surface area (Å²) in [5, 5.41) is 11.6. The Hall–Kier alpha value is -1.89. The molecule has 2 aromatic rings. The van der Waals surface area contributed by atoms with Crippen molar-refractivity contribution in [2.45, 2.75) is 25.4 Å². The van der Waals surface area contributed by atoms with Gasteiger partial charge in [0.05, 0.1) is 12.3 Å². The highest BCUT2D eigenvalue weighted by atomic mass is 79.9. The van der Waals surface area contributed by atoms with E-state index < -0.39 is 11.5 Å². The van der Waals surface area contributed by atoms with Crippen molar-refractivity contribution < 1.29 is 19.4 Å². The van der Waals surface area contributed by atoms with Crippen LogP contribution in [-0.4, -0.2) is 29.9 Å². The molecule has 1 amide bonds. The van der Waals surface area contributed by atoms with E-state index in [0.717, 1.165) is 4.47 Å². The molecule has 0 aliphatic carbocycles. The first-order valence-electron chi connectivity index (χ1n) is 8.53. The number of aliphatic hydroxyl groups is 1. The second-order valence-electron chi connectivity index (χ2n) is 6.51. The normalized spacial score (nSPS) is 18.5. The molecule has 0 bridgehead atoms. The van der Waals surface area contributed by atoms with Gasteiger partial charge < -0.3 is 14.7 Å². The number of amides is 1. The van der Waals surface area contributed by atoms with Gasteiger partial charge in [-0.1, -0.05) is 27.5 Å². The van der Waals surface area contributed by atoms with Crippen LogP contribution in [0, 0.1) is 0 Å². The van der Waals surface area contributed by atoms with Crippen LogP contribution in [0.2, 0.25) is 5.02 Å². The molecule has 27 heavy (non-hydrogen) atoms. The quantitative estimate of drug-likeness (QED) is 0.643. The molecule has 1 unspecified atom stereocenters. The summed E-state index contributed by atoms with van der Waals surface area (Å²) in [6.45, 7) is 2.15. The van der Waals surface area contributed by atoms with Gasteiger partial charge >= 0.3 is 0 Å². The molecule has 5 nitrogen and oxygen atoms in total. The average molecular weight is 453 g/mol. The SMILES string of the molecule is CC(=O)CC1(O)C(=O)N(CCCOc2ccc(Cl)cc2)c2ccc(Br)cc21. The van der Waals surface area contributed by atoms with E-state index in [1.54, 1.807) is 36.4 Å². The van der Waals surface area contributed by atoms with Crippen LogP contribution in [0.4, 0.5) is 5.69 Å². The van der Waals surface area contributed by atoms with E-state index in [0.29, 0.717) is 41.6 Å². The Morgan fingerprint density at radius 2 is 1.96 bits per heavy atom. The summed E-state index contributed by atoms with van der Waals surface area (Å²) in [6.07, 6.45) is 0.326. The van der Waals surface area contributed by atoms with Crippen LogP contribution in [0.15, 0.2) is 46.9 Å². The molecule has 2 aromatic carbocycles. The lowest BCUT2D eigenvalue weighted by Crippen LogP contribution is -2.42. The molecule has 1 aliphatic heterocycles. The molecule has 7 heteroatoms. The van der Waals surface area contributed by atoms with Crippen molar-refractivity contribution in [2.24, 2.45) is 0 Å². The van der Waals surface area contributed by atoms with Crippen LogP contribution < -0.4 is 9.64 Å². The number of carbonyl (C=O) groups is 2. The highest BCUT2D eigenvalue weighted by molar-refractivity contribution is 9.10. The third kappa shape index (κ3) is 4.18. The molecule has 1 heterocycles. The third-order valence-corrected chi connectivity index (χ3v) is 5.15. The van der Waals surface area contributed by atoms with Gasteiger partial charge in [-0.2, -0.15) is 0 Å². The van der Waals surface area contributed by atoms with Gasteiger partial charge in [-0.3, -0.25) is 9.59 Å². The zero-order chi connectivity index (χ0) is 19.6. The monoisotopic (exact) mass is 451 g/mol. The van der Waals surface area contributed by atoms with Crippen LogP contribution in [0.1, 0.15) is 25.3 Å². The number of fused-ring (bicyclic) bond motifs is 1. The van der Waals surface area contributed by atoms with E-state index in [1.807, 2.05) is 6.07 Å². The fourth-order valence-corrected chi connectivity index (χ4v) is 3.71. The standard InChI is InChI=1S/C20H19BrClNO4/c1-13(24)12-20(26)17-11-14(21)3-8-18(17)23(19(20)25)9-2-10-27-16-6-4-15(22)5-7-16/h3-8,11,26H,2,9-10,12H2,1H3. The Morgan fingerprint density at radius 1 is 1.26 bits per heavy atom. The van der Waals surface area contributed by atoms with E-state index in [2.05, 4.69) is 15.9 Å². The van der Waals surface area contributed by atoms with E-state index >= 15 is 0 Å². The van der Waals surface area contributed by atoms with Gasteiger partial charge in [-0.25, -0.2) is 0 Å². The zero-order valence-corrected chi connectivity index (χ0v) is 17.1. The van der Waals surface area contributed by atoms with E-state index in [-0.39, 0.29) is 12.2 Å². The predicted octanol–water partition coefficient (Wildman–Crippen LogP) is 4.08. The maximum absolute atomic E-state index is 12.9. The Kier molecular flexibility index (Phi) is 5.89. The second-order valence-corrected chi connectivity index (χ2v) is 7.87. The largest absolute Gasteiger partial charge is 0.494 e. The first-order valence-corrected chi connectivity index (χ1v) is 9.70. The first kappa shape index (κ1) is 19.9. The van der Waals surface area contributed by atoms with Crippen molar-refractivity contribution in [1.82, 2.24) is 0 Å². The number of halogens is 2. The number of Topliss-reactive ketones (excluding diaryl/α,β-unsaturated/α-hetero) is 1. The van der Waals surface area contributed by atoms with Crippen molar-refractivity contribution in [2.75, 3.05) is 18.1 Å². The van der Waals surface area contributed by atoms with Gasteiger partial charge in [0.25, 0.3) is 5.91 Å². The number of benzene rings is 2. The minimum Gasteiger partial charge on any atom is -0.494 e. The molecule has 0 aromatic heterocycles. The number of rotatable bonds is 7. The molecule has 0 radical (unpaired) electrons. The molecule has 0 spiro atoms. The number of ketones is 1. The number of hydrogen-bond acceptors (Lipinski definition) is 4. The highest BCUT2D eigenvalue weighted by Gasteiger charge is 2.50. The van der Waals surface area contributed by atoms with Gasteiger partial charge in [0.2, 0.25) is 0 Å². The smallest absolute Gasteiger partial charge is 0.264 e. The van der Waals surface area contributed by atoms with Crippen molar-refractivity contribution in [3.63, 3.8) is 0 Å². The summed E-state index contributed by atoms with van der Waals surface area (Å²) in [6, 6.07) is 12.3. The van der Waals surface area contributed by atoms with E-state index in [1.165, 1.54) is 11.8 Å². The molecule has 0 saturated carbocycles. The van der Waals surface area contributed by atoms with Gasteiger partial charge in [0.1, 0.15) is 11.5 Å². The summed E-state index contributed by atoms with van der Waals surface area (Å²) < 4.78 is 6.40. The zero-order valence-electron chi connectivity index (χ0n) is 14.7. The van der Waals surface area contributed by atoms with E-state index in [4.69, 9.17) is 16.3 Å². The number of anilines is 1. The van der Waals surface area contributed by atoms with Crippen LogP contribution >= 0.6 is 27.5 Å². The Morgan fingerprint density at radius 3 is 2.63 bits per heavy atom. The van der Waals surface area contributed by atoms with Crippen molar-refractivity contribution >= 4 is 44.9 Å². The minimum atomic E-state index is -1.82. The van der Waals surface area contributed by atoms with Crippen molar-refractivity contribution in [3.05, 3.63) is 57.5 Å². The lowest BCUT2D eigenvalue weighted by Gasteiger charge is -2.22. The molecule has 1 N–H and O–H groups in total.